The van der Waals surface area contributed by atoms with E-state index >= 15 is 0 Å². The van der Waals surface area contributed by atoms with Gasteiger partial charge in [0.2, 0.25) is 0 Å². The zero-order valence-electron chi connectivity index (χ0n) is 12.1. The maximum Gasteiger partial charge on any atom is 0.165 e. The summed E-state index contributed by atoms with van der Waals surface area (Å²) in [6.07, 6.45) is 5.11. The summed E-state index contributed by atoms with van der Waals surface area (Å²) in [4.78, 5) is 0. The minimum absolute atomic E-state index is 0.764. The molecule has 0 radical (unpaired) electrons. The van der Waals surface area contributed by atoms with Crippen LogP contribution in [0.2, 0.25) is 0 Å². The highest BCUT2D eigenvalue weighted by Gasteiger charge is 2.11. The number of rotatable bonds is 9. The molecule has 1 N–H and O–H groups in total. The fraction of sp³-hybridized carbons (Fsp3) is 0.600. The Labute approximate surface area is 124 Å². The summed E-state index contributed by atoms with van der Waals surface area (Å²) >= 11 is 3.50. The lowest BCUT2D eigenvalue weighted by atomic mass is 10.1. The van der Waals surface area contributed by atoms with Crippen LogP contribution < -0.4 is 14.8 Å². The van der Waals surface area contributed by atoms with Crippen molar-refractivity contribution in [3.63, 3.8) is 0 Å². The van der Waals surface area contributed by atoms with E-state index in [9.17, 15) is 0 Å². The molecule has 0 bridgehead atoms. The van der Waals surface area contributed by atoms with Gasteiger partial charge in [-0.05, 0) is 25.1 Å². The van der Waals surface area contributed by atoms with Crippen LogP contribution in [0.5, 0.6) is 11.5 Å². The molecular formula is C15H24BrNO2. The van der Waals surface area contributed by atoms with E-state index in [-0.39, 0.29) is 0 Å². The van der Waals surface area contributed by atoms with E-state index in [1.807, 2.05) is 6.07 Å². The van der Waals surface area contributed by atoms with Crippen LogP contribution in [0.25, 0.3) is 0 Å². The molecule has 0 aliphatic carbocycles. The van der Waals surface area contributed by atoms with Gasteiger partial charge in [-0.3, -0.25) is 0 Å². The van der Waals surface area contributed by atoms with Crippen LogP contribution >= 0.6 is 15.9 Å². The minimum Gasteiger partial charge on any atom is -0.493 e. The van der Waals surface area contributed by atoms with Gasteiger partial charge < -0.3 is 14.8 Å². The molecule has 19 heavy (non-hydrogen) atoms. The predicted octanol–water partition coefficient (Wildman–Crippen LogP) is 4.14. The van der Waals surface area contributed by atoms with Gasteiger partial charge in [0.25, 0.3) is 0 Å². The number of ether oxygens (including phenoxy) is 2. The molecule has 0 atom stereocenters. The van der Waals surface area contributed by atoms with E-state index < -0.39 is 0 Å². The number of hydrogen-bond donors (Lipinski definition) is 1. The fourth-order valence-electron chi connectivity index (χ4n) is 2.04. The number of hydrogen-bond acceptors (Lipinski definition) is 3. The van der Waals surface area contributed by atoms with E-state index in [1.165, 1.54) is 25.7 Å². The van der Waals surface area contributed by atoms with Gasteiger partial charge in [-0.25, -0.2) is 0 Å². The topological polar surface area (TPSA) is 30.5 Å². The number of unbranched alkanes of at least 4 members (excludes halogenated alkanes) is 3. The third-order valence-electron chi connectivity index (χ3n) is 3.04. The third-order valence-corrected chi connectivity index (χ3v) is 3.50. The van der Waals surface area contributed by atoms with Crippen LogP contribution in [-0.4, -0.2) is 20.8 Å². The van der Waals surface area contributed by atoms with Crippen molar-refractivity contribution in [1.82, 2.24) is 5.32 Å². The summed E-state index contributed by atoms with van der Waals surface area (Å²) in [7, 11) is 3.34. The predicted molar refractivity (Wildman–Crippen MR) is 83.1 cm³/mol. The summed E-state index contributed by atoms with van der Waals surface area (Å²) in [5, 5.41) is 3.46. The molecular weight excluding hydrogens is 306 g/mol. The van der Waals surface area contributed by atoms with E-state index in [0.717, 1.165) is 34.6 Å². The molecule has 1 rings (SSSR count). The van der Waals surface area contributed by atoms with Crippen LogP contribution in [0, 0.1) is 0 Å². The number of benzene rings is 1. The third kappa shape index (κ3) is 5.41. The highest BCUT2D eigenvalue weighted by molar-refractivity contribution is 9.10. The largest absolute Gasteiger partial charge is 0.493 e. The lowest BCUT2D eigenvalue weighted by molar-refractivity contribution is 0.350. The molecule has 1 aromatic carbocycles. The van der Waals surface area contributed by atoms with Crippen LogP contribution in [-0.2, 0) is 6.54 Å². The summed E-state index contributed by atoms with van der Waals surface area (Å²) in [6.45, 7) is 4.06. The number of nitrogens with one attached hydrogen (secondary N) is 1. The van der Waals surface area contributed by atoms with Crippen LogP contribution in [0.3, 0.4) is 0 Å². The average Bonchev–Trinajstić information content (AvgIpc) is 2.42. The van der Waals surface area contributed by atoms with Crippen molar-refractivity contribution in [2.75, 3.05) is 20.8 Å². The Bertz CT molecular complexity index is 383. The van der Waals surface area contributed by atoms with Crippen molar-refractivity contribution in [3.8, 4) is 11.5 Å². The Morgan fingerprint density at radius 2 is 1.89 bits per heavy atom. The Morgan fingerprint density at radius 1 is 1.11 bits per heavy atom. The minimum atomic E-state index is 0.764. The van der Waals surface area contributed by atoms with E-state index in [4.69, 9.17) is 9.47 Å². The van der Waals surface area contributed by atoms with Gasteiger partial charge >= 0.3 is 0 Å². The van der Waals surface area contributed by atoms with Crippen molar-refractivity contribution < 1.29 is 9.47 Å². The maximum absolute atomic E-state index is 5.43. The van der Waals surface area contributed by atoms with Gasteiger partial charge in [-0.1, -0.05) is 42.1 Å². The van der Waals surface area contributed by atoms with Gasteiger partial charge in [0, 0.05) is 16.6 Å². The first-order valence-electron chi connectivity index (χ1n) is 6.84. The quantitative estimate of drug-likeness (QED) is 0.691. The standard InChI is InChI=1S/C15H24BrNO2/c1-4-5-6-7-8-17-11-12-9-13(16)10-14(18-2)15(12)19-3/h9-10,17H,4-8,11H2,1-3H3. The van der Waals surface area contributed by atoms with Crippen molar-refractivity contribution in [3.05, 3.63) is 22.2 Å². The summed E-state index contributed by atoms with van der Waals surface area (Å²) < 4.78 is 11.8. The Kier molecular flexibility index (Phi) is 7.91. The van der Waals surface area contributed by atoms with Crippen molar-refractivity contribution in [1.29, 1.82) is 0 Å². The zero-order valence-corrected chi connectivity index (χ0v) is 13.7. The molecule has 0 saturated heterocycles. The van der Waals surface area contributed by atoms with Crippen molar-refractivity contribution >= 4 is 15.9 Å². The normalized spacial score (nSPS) is 10.5. The van der Waals surface area contributed by atoms with Crippen molar-refractivity contribution in [2.24, 2.45) is 0 Å². The van der Waals surface area contributed by atoms with Gasteiger partial charge in [0.05, 0.1) is 14.2 Å². The van der Waals surface area contributed by atoms with Gasteiger partial charge in [0.15, 0.2) is 11.5 Å². The molecule has 0 spiro atoms. The highest BCUT2D eigenvalue weighted by Crippen LogP contribution is 2.34. The Hall–Kier alpha value is -0.740. The first kappa shape index (κ1) is 16.3. The molecule has 0 aliphatic rings. The molecule has 108 valence electrons. The lowest BCUT2D eigenvalue weighted by Gasteiger charge is -2.14. The first-order valence-corrected chi connectivity index (χ1v) is 7.63. The second-order valence-corrected chi connectivity index (χ2v) is 5.45. The fourth-order valence-corrected chi connectivity index (χ4v) is 2.52. The smallest absolute Gasteiger partial charge is 0.165 e. The van der Waals surface area contributed by atoms with E-state index in [2.05, 4.69) is 34.2 Å². The Morgan fingerprint density at radius 3 is 2.53 bits per heavy atom. The molecule has 3 nitrogen and oxygen atoms in total. The molecule has 0 amide bonds. The molecule has 0 aromatic heterocycles. The van der Waals surface area contributed by atoms with Gasteiger partial charge in [-0.2, -0.15) is 0 Å². The molecule has 0 aliphatic heterocycles. The van der Waals surface area contributed by atoms with Crippen LogP contribution in [0.15, 0.2) is 16.6 Å². The zero-order chi connectivity index (χ0) is 14.1. The first-order chi connectivity index (χ1) is 9.22. The Balaban J connectivity index is 2.54. The number of methoxy groups -OCH3 is 2. The summed E-state index contributed by atoms with van der Waals surface area (Å²) in [5.74, 6) is 1.58. The SMILES string of the molecule is CCCCCCNCc1cc(Br)cc(OC)c1OC. The molecule has 4 heteroatoms. The number of halogens is 1. The molecule has 0 saturated carbocycles. The summed E-state index contributed by atoms with van der Waals surface area (Å²) in [6, 6.07) is 3.99. The van der Waals surface area contributed by atoms with Crippen molar-refractivity contribution in [2.45, 2.75) is 39.2 Å². The molecule has 0 unspecified atom stereocenters. The average molecular weight is 330 g/mol. The van der Waals surface area contributed by atoms with Crippen LogP contribution in [0.1, 0.15) is 38.2 Å². The maximum atomic E-state index is 5.43. The van der Waals surface area contributed by atoms with E-state index in [1.54, 1.807) is 14.2 Å². The monoisotopic (exact) mass is 329 g/mol. The lowest BCUT2D eigenvalue weighted by Crippen LogP contribution is -2.15. The van der Waals surface area contributed by atoms with Gasteiger partial charge in [-0.15, -0.1) is 0 Å². The summed E-state index contributed by atoms with van der Waals surface area (Å²) in [5.41, 5.74) is 1.12. The second kappa shape index (κ2) is 9.21. The molecule has 1 aromatic rings. The van der Waals surface area contributed by atoms with Crippen LogP contribution in [0.4, 0.5) is 0 Å². The molecule has 0 heterocycles. The second-order valence-electron chi connectivity index (χ2n) is 4.54. The van der Waals surface area contributed by atoms with Gasteiger partial charge in [0.1, 0.15) is 0 Å². The highest BCUT2D eigenvalue weighted by atomic mass is 79.9. The molecule has 0 fully saturated rings. The van der Waals surface area contributed by atoms with E-state index in [0.29, 0.717) is 0 Å².